The van der Waals surface area contributed by atoms with Gasteiger partial charge in [-0.05, 0) is 122 Å². The Bertz CT molecular complexity index is 2690. The number of nitrogens with one attached hydrogen (secondary N) is 2. The van der Waals surface area contributed by atoms with Crippen molar-refractivity contribution in [2.24, 2.45) is 28.4 Å². The van der Waals surface area contributed by atoms with Crippen molar-refractivity contribution in [2.45, 2.75) is 64.2 Å². The van der Waals surface area contributed by atoms with E-state index in [-0.39, 0.29) is 65.0 Å². The van der Waals surface area contributed by atoms with Crippen molar-refractivity contribution >= 4 is 46.7 Å². The van der Waals surface area contributed by atoms with Crippen LogP contribution in [0, 0.1) is 45.9 Å². The van der Waals surface area contributed by atoms with Crippen molar-refractivity contribution in [1.82, 2.24) is 30.4 Å². The monoisotopic (exact) mass is 965 g/mol. The first-order valence-electron chi connectivity index (χ1n) is 22.7. The number of piperidine rings is 2. The molecule has 0 atom stereocenters. The Labute approximate surface area is 397 Å². The molecule has 4 aromatic heterocycles. The number of nitrogens with two attached hydrogens (primary N) is 1. The number of benzene rings is 2. The van der Waals surface area contributed by atoms with E-state index < -0.39 is 41.1 Å². The molecule has 22 heteroatoms. The van der Waals surface area contributed by atoms with Crippen LogP contribution in [-0.2, 0) is 22.4 Å². The summed E-state index contributed by atoms with van der Waals surface area (Å²) in [6.45, 7) is 3.33. The summed E-state index contributed by atoms with van der Waals surface area (Å²) in [6, 6.07) is 14.0. The average molecular weight is 966 g/mol. The van der Waals surface area contributed by atoms with E-state index in [0.29, 0.717) is 22.5 Å². The molecule has 2 aliphatic carbocycles. The van der Waals surface area contributed by atoms with Crippen LogP contribution in [0.25, 0.3) is 0 Å². The fourth-order valence-corrected chi connectivity index (χ4v) is 9.73. The minimum atomic E-state index is -0.977. The number of nitrogens with zero attached hydrogens (tertiary/aromatic N) is 8. The van der Waals surface area contributed by atoms with Crippen LogP contribution in [0.5, 0.6) is 0 Å². The largest absolute Gasteiger partial charge is 0.481 e. The van der Waals surface area contributed by atoms with E-state index in [1.807, 2.05) is 12.1 Å². The summed E-state index contributed by atoms with van der Waals surface area (Å²) < 4.78 is 63.6. The Morgan fingerprint density at radius 1 is 0.600 bits per heavy atom. The molecule has 0 unspecified atom stereocenters. The normalized spacial score (nSPS) is 17.3. The van der Waals surface area contributed by atoms with Crippen LogP contribution >= 0.6 is 0 Å². The molecule has 2 saturated carbocycles. The lowest BCUT2D eigenvalue weighted by Gasteiger charge is -2.51. The molecule has 364 valence electrons. The van der Waals surface area contributed by atoms with Crippen molar-refractivity contribution in [3.8, 4) is 0 Å². The second-order valence-electron chi connectivity index (χ2n) is 18.5. The summed E-state index contributed by atoms with van der Waals surface area (Å²) in [5, 5.41) is 29.5. The Morgan fingerprint density at radius 2 is 1.01 bits per heavy atom. The third-order valence-electron chi connectivity index (χ3n) is 13.8. The molecule has 4 aliphatic rings. The summed E-state index contributed by atoms with van der Waals surface area (Å²) in [5.74, 6) is -4.83. The highest BCUT2D eigenvalue weighted by atomic mass is 19.2. The van der Waals surface area contributed by atoms with Gasteiger partial charge < -0.3 is 40.1 Å². The van der Waals surface area contributed by atoms with Crippen molar-refractivity contribution in [2.75, 3.05) is 46.6 Å². The van der Waals surface area contributed by atoms with Gasteiger partial charge in [-0.15, -0.1) is 20.4 Å². The van der Waals surface area contributed by atoms with Crippen LogP contribution in [0.2, 0.25) is 0 Å². The van der Waals surface area contributed by atoms with Crippen LogP contribution in [0.3, 0.4) is 0 Å². The number of carboxylic acids is 1. The minimum absolute atomic E-state index is 0.0170. The van der Waals surface area contributed by atoms with E-state index in [1.165, 1.54) is 12.1 Å². The van der Waals surface area contributed by atoms with Crippen molar-refractivity contribution in [1.29, 1.82) is 0 Å². The maximum atomic E-state index is 13.4. The zero-order valence-electron chi connectivity index (χ0n) is 37.5. The standard InChI is InChI=1S/C24H24F2N6O3.C24H23F2N5O4/c25-17-3-1-14(9-18(17)26)10-20-30-31-23(35-20)22(34)29-16-2-4-19(28-13-16)32-7-5-24(6-8-32)11-15(12-24)21(27)33;25-17-3-1-14(9-18(17)26)10-20-29-30-22(35-20)21(32)28-16-2-4-19(27-13-16)31-7-5-24(6-8-31)11-15(12-24)23(33)34/h1-4,9,13,15H,5-8,10-12H2,(H2,27,33)(H,29,34);1-4,9,13,15H,5-8,10-12H2,(H,28,32)(H,33,34). The number of primary amides is 1. The molecule has 2 aliphatic heterocycles. The molecular weight excluding hydrogens is 919 g/mol. The van der Waals surface area contributed by atoms with Gasteiger partial charge in [-0.25, -0.2) is 27.5 Å². The summed E-state index contributed by atoms with van der Waals surface area (Å²) in [6.07, 6.45) is 10.4. The highest BCUT2D eigenvalue weighted by Gasteiger charge is 2.49. The van der Waals surface area contributed by atoms with Gasteiger partial charge in [0.05, 0.1) is 42.5 Å². The number of hydrogen-bond donors (Lipinski definition) is 4. The molecule has 5 N–H and O–H groups in total. The topological polar surface area (TPSA) is 249 Å². The first-order chi connectivity index (χ1) is 33.6. The number of amides is 3. The van der Waals surface area contributed by atoms with Gasteiger partial charge in [0.2, 0.25) is 17.7 Å². The highest BCUT2D eigenvalue weighted by Crippen LogP contribution is 2.53. The first-order valence-corrected chi connectivity index (χ1v) is 22.7. The number of rotatable bonds is 12. The Hall–Kier alpha value is -7.78. The molecule has 3 amide bonds. The lowest BCUT2D eigenvalue weighted by molar-refractivity contribution is -0.151. The van der Waals surface area contributed by atoms with Gasteiger partial charge in [-0.3, -0.25) is 19.2 Å². The second kappa shape index (κ2) is 19.7. The van der Waals surface area contributed by atoms with E-state index >= 15 is 0 Å². The van der Waals surface area contributed by atoms with Gasteiger partial charge in [0.25, 0.3) is 0 Å². The maximum absolute atomic E-state index is 13.4. The fourth-order valence-electron chi connectivity index (χ4n) is 9.73. The van der Waals surface area contributed by atoms with Gasteiger partial charge >= 0.3 is 29.6 Å². The predicted molar refractivity (Wildman–Crippen MR) is 241 cm³/mol. The minimum Gasteiger partial charge on any atom is -0.481 e. The lowest BCUT2D eigenvalue weighted by Crippen LogP contribution is -2.50. The summed E-state index contributed by atoms with van der Waals surface area (Å²) in [7, 11) is 0. The number of carbonyl (C=O) groups excluding carboxylic acids is 3. The van der Waals surface area contributed by atoms with Crippen LogP contribution in [-0.4, -0.2) is 85.3 Å². The number of anilines is 4. The van der Waals surface area contributed by atoms with Crippen molar-refractivity contribution in [3.63, 3.8) is 0 Å². The summed E-state index contributed by atoms with van der Waals surface area (Å²) in [4.78, 5) is 60.6. The first kappa shape index (κ1) is 47.3. The lowest BCUT2D eigenvalue weighted by atomic mass is 9.57. The number of aromatic nitrogens is 6. The van der Waals surface area contributed by atoms with E-state index in [9.17, 15) is 36.7 Å². The molecule has 18 nitrogen and oxygen atoms in total. The number of pyridine rings is 2. The van der Waals surface area contributed by atoms with Gasteiger partial charge in [-0.2, -0.15) is 0 Å². The number of carbonyl (C=O) groups is 4. The molecule has 2 spiro atoms. The van der Waals surface area contributed by atoms with Gasteiger partial charge in [-0.1, -0.05) is 12.1 Å². The molecule has 2 aromatic carbocycles. The molecule has 4 fully saturated rings. The molecule has 2 saturated heterocycles. The van der Waals surface area contributed by atoms with Gasteiger partial charge in [0.15, 0.2) is 23.3 Å². The van der Waals surface area contributed by atoms with E-state index in [4.69, 9.17) is 19.7 Å². The van der Waals surface area contributed by atoms with E-state index in [2.05, 4.69) is 50.8 Å². The van der Waals surface area contributed by atoms with E-state index in [1.54, 1.807) is 24.5 Å². The second-order valence-corrected chi connectivity index (χ2v) is 18.5. The zero-order valence-corrected chi connectivity index (χ0v) is 37.5. The molecule has 0 radical (unpaired) electrons. The molecular formula is C48H47F4N11O7. The van der Waals surface area contributed by atoms with Crippen molar-refractivity contribution in [3.05, 3.63) is 131 Å². The molecule has 0 bridgehead atoms. The third kappa shape index (κ3) is 10.7. The summed E-state index contributed by atoms with van der Waals surface area (Å²) in [5.41, 5.74) is 7.59. The fraction of sp³-hybridized carbons (Fsp3) is 0.375. The predicted octanol–water partition coefficient (Wildman–Crippen LogP) is 6.73. The Kier molecular flexibility index (Phi) is 13.3. The van der Waals surface area contributed by atoms with E-state index in [0.717, 1.165) is 113 Å². The Balaban J connectivity index is 0.000000174. The van der Waals surface area contributed by atoms with Crippen LogP contribution < -0.4 is 26.2 Å². The van der Waals surface area contributed by atoms with Gasteiger partial charge in [0, 0.05) is 32.1 Å². The number of halogens is 4. The van der Waals surface area contributed by atoms with Crippen LogP contribution in [0.15, 0.2) is 81.9 Å². The highest BCUT2D eigenvalue weighted by molar-refractivity contribution is 6.01. The molecule has 6 aromatic rings. The number of aliphatic carboxylic acids is 1. The van der Waals surface area contributed by atoms with Gasteiger partial charge in [0.1, 0.15) is 11.6 Å². The smallest absolute Gasteiger partial charge is 0.313 e. The molecule has 6 heterocycles. The Morgan fingerprint density at radius 3 is 1.37 bits per heavy atom. The number of hydrogen-bond acceptors (Lipinski definition) is 14. The zero-order chi connectivity index (χ0) is 49.2. The molecule has 70 heavy (non-hydrogen) atoms. The number of carboxylic acid groups (broad SMARTS) is 1. The average Bonchev–Trinajstić information content (AvgIpc) is 4.01. The van der Waals surface area contributed by atoms with Crippen molar-refractivity contribution < 1.29 is 50.7 Å². The van der Waals surface area contributed by atoms with Crippen LogP contribution in [0.1, 0.15) is 95.6 Å². The quantitative estimate of drug-likeness (QED) is 0.0928. The van der Waals surface area contributed by atoms with Crippen LogP contribution in [0.4, 0.5) is 40.6 Å². The third-order valence-corrected chi connectivity index (χ3v) is 13.8. The summed E-state index contributed by atoms with van der Waals surface area (Å²) >= 11 is 0. The molecule has 10 rings (SSSR count). The maximum Gasteiger partial charge on any atom is 0.313 e. The SMILES string of the molecule is NC(=O)C1CC2(CCN(c3ccc(NC(=O)c4nnc(Cc5ccc(F)c(F)c5)o4)cn3)CC2)C1.O=C(Nc1ccc(N2CCC3(CC2)CC(C(=O)O)C3)nc1)c1nnc(Cc2ccc(F)c(F)c2)o1.